The Morgan fingerprint density at radius 2 is 1.75 bits per heavy atom. The predicted molar refractivity (Wildman–Crippen MR) is 95.8 cm³/mol. The van der Waals surface area contributed by atoms with Crippen LogP contribution in [0.5, 0.6) is 5.75 Å². The zero-order chi connectivity index (χ0) is 17.9. The van der Waals surface area contributed by atoms with E-state index in [1.54, 1.807) is 6.07 Å². The molecule has 4 nitrogen and oxygen atoms in total. The van der Waals surface area contributed by atoms with Crippen LogP contribution in [-0.4, -0.2) is 11.4 Å². The highest BCUT2D eigenvalue weighted by atomic mass is 16.3. The van der Waals surface area contributed by atoms with Gasteiger partial charge in [0.25, 0.3) is 0 Å². The Bertz CT molecular complexity index is 890. The van der Waals surface area contributed by atoms with E-state index in [1.807, 2.05) is 39.8 Å². The van der Waals surface area contributed by atoms with E-state index in [-0.39, 0.29) is 16.7 Å². The van der Waals surface area contributed by atoms with Crippen molar-refractivity contribution in [3.63, 3.8) is 0 Å². The Balaban J connectivity index is 2.79. The van der Waals surface area contributed by atoms with Crippen LogP contribution in [0.4, 0.5) is 0 Å². The first-order valence-electron chi connectivity index (χ1n) is 7.86. The number of benzene rings is 1. The van der Waals surface area contributed by atoms with Gasteiger partial charge in [0, 0.05) is 5.56 Å². The maximum atomic E-state index is 12.4. The summed E-state index contributed by atoms with van der Waals surface area (Å²) >= 11 is 0. The molecule has 0 spiro atoms. The van der Waals surface area contributed by atoms with Crippen molar-refractivity contribution < 1.29 is 14.3 Å². The number of hydrogen-bond donors (Lipinski definition) is 1. The quantitative estimate of drug-likeness (QED) is 0.656. The Labute approximate surface area is 141 Å². The SMILES string of the molecule is CC(C)=CCc1cc2c(=O)c(C=O)coc2c(CC=C(C)C)c1O. The van der Waals surface area contributed by atoms with Crippen LogP contribution in [0.2, 0.25) is 0 Å². The lowest BCUT2D eigenvalue weighted by Crippen LogP contribution is -2.09. The first-order chi connectivity index (χ1) is 11.3. The fourth-order valence-electron chi connectivity index (χ4n) is 2.45. The number of allylic oxidation sites excluding steroid dienone is 4. The number of carbonyl (C=O) groups is 1. The molecule has 2 rings (SSSR count). The molecule has 126 valence electrons. The second-order valence-electron chi connectivity index (χ2n) is 6.35. The largest absolute Gasteiger partial charge is 0.507 e. The van der Waals surface area contributed by atoms with E-state index in [4.69, 9.17) is 4.42 Å². The molecule has 0 saturated carbocycles. The normalized spacial score (nSPS) is 10.5. The summed E-state index contributed by atoms with van der Waals surface area (Å²) in [5.74, 6) is 0.138. The molecule has 0 unspecified atom stereocenters. The molecule has 4 heteroatoms. The van der Waals surface area contributed by atoms with Crippen molar-refractivity contribution in [1.29, 1.82) is 0 Å². The lowest BCUT2D eigenvalue weighted by atomic mass is 9.98. The molecule has 0 fully saturated rings. The third kappa shape index (κ3) is 3.65. The summed E-state index contributed by atoms with van der Waals surface area (Å²) < 4.78 is 5.50. The van der Waals surface area contributed by atoms with Crippen molar-refractivity contribution in [1.82, 2.24) is 0 Å². The Kier molecular flexibility index (Phi) is 5.39. The lowest BCUT2D eigenvalue weighted by molar-refractivity contribution is 0.112. The summed E-state index contributed by atoms with van der Waals surface area (Å²) in [5, 5.41) is 11.0. The second kappa shape index (κ2) is 7.30. The van der Waals surface area contributed by atoms with Gasteiger partial charge in [0.05, 0.1) is 10.9 Å². The standard InChI is InChI=1S/C20H22O4/c1-12(2)5-7-14-9-17-19(23)15(10-21)11-24-20(17)16(18(14)22)8-6-13(3)4/h5-6,9-11,22H,7-8H2,1-4H3. The van der Waals surface area contributed by atoms with E-state index >= 15 is 0 Å². The van der Waals surface area contributed by atoms with Crippen LogP contribution in [0.15, 0.2) is 44.8 Å². The Morgan fingerprint density at radius 1 is 1.12 bits per heavy atom. The monoisotopic (exact) mass is 326 g/mol. The fraction of sp³-hybridized carbons (Fsp3) is 0.300. The van der Waals surface area contributed by atoms with Crippen LogP contribution >= 0.6 is 0 Å². The van der Waals surface area contributed by atoms with Crippen molar-refractivity contribution in [3.8, 4) is 5.75 Å². The number of phenols is 1. The van der Waals surface area contributed by atoms with E-state index in [0.717, 1.165) is 17.4 Å². The first-order valence-corrected chi connectivity index (χ1v) is 7.86. The molecule has 0 bridgehead atoms. The minimum absolute atomic E-state index is 0.0190. The minimum atomic E-state index is -0.372. The topological polar surface area (TPSA) is 67.5 Å². The lowest BCUT2D eigenvalue weighted by Gasteiger charge is -2.11. The molecule has 0 saturated heterocycles. The van der Waals surface area contributed by atoms with Gasteiger partial charge < -0.3 is 9.52 Å². The Morgan fingerprint density at radius 3 is 2.33 bits per heavy atom. The Hall–Kier alpha value is -2.62. The number of carbonyl (C=O) groups excluding carboxylic acids is 1. The summed E-state index contributed by atoms with van der Waals surface area (Å²) in [7, 11) is 0. The molecule has 0 atom stereocenters. The molecule has 0 amide bonds. The van der Waals surface area contributed by atoms with Gasteiger partial charge in [-0.05, 0) is 52.2 Å². The maximum absolute atomic E-state index is 12.4. The van der Waals surface area contributed by atoms with Gasteiger partial charge in [0.1, 0.15) is 17.6 Å². The minimum Gasteiger partial charge on any atom is -0.507 e. The molecule has 24 heavy (non-hydrogen) atoms. The van der Waals surface area contributed by atoms with Gasteiger partial charge in [-0.15, -0.1) is 0 Å². The maximum Gasteiger partial charge on any atom is 0.203 e. The fourth-order valence-corrected chi connectivity index (χ4v) is 2.45. The summed E-state index contributed by atoms with van der Waals surface area (Å²) in [6.07, 6.45) is 6.56. The van der Waals surface area contributed by atoms with Gasteiger partial charge in [-0.2, -0.15) is 0 Å². The number of rotatable bonds is 5. The molecule has 0 aliphatic carbocycles. The zero-order valence-electron chi connectivity index (χ0n) is 14.5. The molecular weight excluding hydrogens is 304 g/mol. The number of fused-ring (bicyclic) bond motifs is 1. The van der Waals surface area contributed by atoms with Gasteiger partial charge in [-0.25, -0.2) is 0 Å². The molecule has 1 heterocycles. The smallest absolute Gasteiger partial charge is 0.203 e. The molecule has 1 N–H and O–H groups in total. The number of hydrogen-bond acceptors (Lipinski definition) is 4. The van der Waals surface area contributed by atoms with E-state index in [2.05, 4.69) is 0 Å². The van der Waals surface area contributed by atoms with Crippen molar-refractivity contribution in [2.45, 2.75) is 40.5 Å². The van der Waals surface area contributed by atoms with Crippen LogP contribution in [0.1, 0.15) is 49.2 Å². The van der Waals surface area contributed by atoms with Crippen molar-refractivity contribution in [2.75, 3.05) is 0 Å². The van der Waals surface area contributed by atoms with Gasteiger partial charge in [0.15, 0.2) is 6.29 Å². The predicted octanol–water partition coefficient (Wildman–Crippen LogP) is 4.33. The first kappa shape index (κ1) is 17.7. The van der Waals surface area contributed by atoms with Gasteiger partial charge in [0.2, 0.25) is 5.43 Å². The van der Waals surface area contributed by atoms with Crippen LogP contribution < -0.4 is 5.43 Å². The van der Waals surface area contributed by atoms with E-state index in [1.165, 1.54) is 0 Å². The molecule has 2 aromatic rings. The van der Waals surface area contributed by atoms with Gasteiger partial charge in [-0.1, -0.05) is 23.3 Å². The molecule has 0 radical (unpaired) electrons. The third-order valence-electron chi connectivity index (χ3n) is 3.81. The summed E-state index contributed by atoms with van der Waals surface area (Å²) in [6, 6.07) is 1.62. The van der Waals surface area contributed by atoms with Gasteiger partial charge in [-0.3, -0.25) is 9.59 Å². The van der Waals surface area contributed by atoms with Crippen molar-refractivity contribution in [2.24, 2.45) is 0 Å². The third-order valence-corrected chi connectivity index (χ3v) is 3.81. The highest BCUT2D eigenvalue weighted by molar-refractivity contribution is 5.88. The van der Waals surface area contributed by atoms with Crippen LogP contribution in [0, 0.1) is 0 Å². The summed E-state index contributed by atoms with van der Waals surface area (Å²) in [4.78, 5) is 23.5. The van der Waals surface area contributed by atoms with Crippen LogP contribution in [-0.2, 0) is 12.8 Å². The highest BCUT2D eigenvalue weighted by Crippen LogP contribution is 2.32. The van der Waals surface area contributed by atoms with Crippen molar-refractivity contribution >= 4 is 17.3 Å². The van der Waals surface area contributed by atoms with Gasteiger partial charge >= 0.3 is 0 Å². The molecule has 1 aromatic heterocycles. The average Bonchev–Trinajstić information content (AvgIpc) is 2.52. The van der Waals surface area contributed by atoms with E-state index in [9.17, 15) is 14.7 Å². The average molecular weight is 326 g/mol. The van der Waals surface area contributed by atoms with E-state index < -0.39 is 0 Å². The number of phenolic OH excluding ortho intramolecular Hbond substituents is 1. The molecular formula is C20H22O4. The van der Waals surface area contributed by atoms with Crippen LogP contribution in [0.3, 0.4) is 0 Å². The zero-order valence-corrected chi connectivity index (χ0v) is 14.5. The summed E-state index contributed by atoms with van der Waals surface area (Å²) in [5.41, 5.74) is 3.38. The molecule has 0 aliphatic rings. The number of aromatic hydroxyl groups is 1. The number of aldehydes is 1. The van der Waals surface area contributed by atoms with E-state index in [0.29, 0.717) is 41.2 Å². The van der Waals surface area contributed by atoms with Crippen LogP contribution in [0.25, 0.3) is 11.0 Å². The molecule has 1 aromatic carbocycles. The highest BCUT2D eigenvalue weighted by Gasteiger charge is 2.17. The summed E-state index contributed by atoms with van der Waals surface area (Å²) in [6.45, 7) is 7.88. The molecule has 0 aliphatic heterocycles. The van der Waals surface area contributed by atoms with Crippen molar-refractivity contribution in [3.05, 3.63) is 62.5 Å². The second-order valence-corrected chi connectivity index (χ2v) is 6.35.